The lowest BCUT2D eigenvalue weighted by molar-refractivity contribution is 0.619. The highest BCUT2D eigenvalue weighted by molar-refractivity contribution is 5.80. The Labute approximate surface area is 104 Å². The summed E-state index contributed by atoms with van der Waals surface area (Å²) in [6, 6.07) is 10.4. The summed E-state index contributed by atoms with van der Waals surface area (Å²) in [6.45, 7) is 1.93. The molecule has 1 heterocycles. The molecule has 0 spiro atoms. The minimum atomic E-state index is -0.267. The Morgan fingerprint density at radius 1 is 1.17 bits per heavy atom. The molecule has 0 fully saturated rings. The first-order valence-corrected chi connectivity index (χ1v) is 5.64. The largest absolute Gasteiger partial charge is 0.399 e. The minimum absolute atomic E-state index is 0.267. The number of anilines is 1. The molecule has 3 nitrogen and oxygen atoms in total. The van der Waals surface area contributed by atoms with Crippen molar-refractivity contribution in [1.29, 1.82) is 0 Å². The fraction of sp³-hybridized carbons (Fsp3) is 0.0714. The lowest BCUT2D eigenvalue weighted by Crippen LogP contribution is -1.96. The van der Waals surface area contributed by atoms with E-state index in [1.165, 1.54) is 6.07 Å². The summed E-state index contributed by atoms with van der Waals surface area (Å²) in [5.74, 6) is -0.267. The number of nitrogens with two attached hydrogens (primary N) is 1. The van der Waals surface area contributed by atoms with E-state index < -0.39 is 0 Å². The van der Waals surface area contributed by atoms with Crippen LogP contribution < -0.4 is 5.73 Å². The van der Waals surface area contributed by atoms with Crippen LogP contribution in [0.3, 0.4) is 0 Å². The number of nitrogen functional groups attached to an aromatic ring is 1. The minimum Gasteiger partial charge on any atom is -0.399 e. The normalized spacial score (nSPS) is 11.0. The molecule has 0 saturated carbocycles. The van der Waals surface area contributed by atoms with Crippen molar-refractivity contribution in [3.05, 3.63) is 54.1 Å². The van der Waals surface area contributed by atoms with Gasteiger partial charge >= 0.3 is 0 Å². The molecule has 3 rings (SSSR count). The fourth-order valence-electron chi connectivity index (χ4n) is 2.03. The maximum absolute atomic E-state index is 13.9. The van der Waals surface area contributed by atoms with Crippen molar-refractivity contribution in [2.45, 2.75) is 6.92 Å². The van der Waals surface area contributed by atoms with Crippen LogP contribution in [-0.2, 0) is 0 Å². The molecule has 0 bridgehead atoms. The first-order chi connectivity index (χ1) is 8.65. The van der Waals surface area contributed by atoms with Crippen molar-refractivity contribution in [2.75, 3.05) is 5.73 Å². The van der Waals surface area contributed by atoms with Gasteiger partial charge in [-0.25, -0.2) is 9.37 Å². The van der Waals surface area contributed by atoms with Gasteiger partial charge in [-0.05, 0) is 42.8 Å². The second-order valence-electron chi connectivity index (χ2n) is 4.32. The van der Waals surface area contributed by atoms with Crippen LogP contribution in [-0.4, -0.2) is 9.55 Å². The van der Waals surface area contributed by atoms with Gasteiger partial charge in [-0.15, -0.1) is 0 Å². The highest BCUT2D eigenvalue weighted by Gasteiger charge is 2.09. The predicted octanol–water partition coefficient (Wildman–Crippen LogP) is 3.06. The van der Waals surface area contributed by atoms with E-state index in [9.17, 15) is 4.39 Å². The lowest BCUT2D eigenvalue weighted by Gasteiger charge is -2.07. The molecule has 0 atom stereocenters. The van der Waals surface area contributed by atoms with Gasteiger partial charge < -0.3 is 5.73 Å². The Balaban J connectivity index is 2.28. The highest BCUT2D eigenvalue weighted by Crippen LogP contribution is 2.22. The van der Waals surface area contributed by atoms with Crippen molar-refractivity contribution < 1.29 is 4.39 Å². The number of hydrogen-bond acceptors (Lipinski definition) is 2. The van der Waals surface area contributed by atoms with E-state index in [-0.39, 0.29) is 5.82 Å². The number of imidazole rings is 1. The van der Waals surface area contributed by atoms with E-state index in [1.54, 1.807) is 35.2 Å². The number of aromatic nitrogens is 2. The molecule has 2 aromatic carbocycles. The van der Waals surface area contributed by atoms with Gasteiger partial charge in [0.15, 0.2) is 0 Å². The maximum atomic E-state index is 13.9. The third-order valence-corrected chi connectivity index (χ3v) is 2.93. The molecule has 1 aromatic heterocycles. The molecule has 0 aliphatic heterocycles. The van der Waals surface area contributed by atoms with Gasteiger partial charge in [0.05, 0.1) is 16.7 Å². The molecule has 0 aliphatic carbocycles. The van der Waals surface area contributed by atoms with Crippen LogP contribution in [0.5, 0.6) is 0 Å². The zero-order valence-electron chi connectivity index (χ0n) is 9.89. The number of halogens is 1. The van der Waals surface area contributed by atoms with Gasteiger partial charge in [-0.1, -0.05) is 6.07 Å². The molecular weight excluding hydrogens is 229 g/mol. The zero-order valence-corrected chi connectivity index (χ0v) is 9.89. The van der Waals surface area contributed by atoms with E-state index in [0.29, 0.717) is 11.4 Å². The van der Waals surface area contributed by atoms with Crippen LogP contribution in [0.15, 0.2) is 42.7 Å². The number of hydrogen-bond donors (Lipinski definition) is 1. The molecule has 18 heavy (non-hydrogen) atoms. The molecule has 3 aromatic rings. The quantitative estimate of drug-likeness (QED) is 0.665. The van der Waals surface area contributed by atoms with Gasteiger partial charge in [0, 0.05) is 5.69 Å². The summed E-state index contributed by atoms with van der Waals surface area (Å²) in [5, 5.41) is 0. The summed E-state index contributed by atoms with van der Waals surface area (Å²) in [6.07, 6.45) is 1.61. The Kier molecular flexibility index (Phi) is 2.30. The van der Waals surface area contributed by atoms with Crippen molar-refractivity contribution in [3.63, 3.8) is 0 Å². The topological polar surface area (TPSA) is 43.8 Å². The van der Waals surface area contributed by atoms with Crippen molar-refractivity contribution in [1.82, 2.24) is 9.55 Å². The van der Waals surface area contributed by atoms with Gasteiger partial charge in [0.25, 0.3) is 0 Å². The standard InChI is InChI=1S/C14H12FN3/c1-9-2-4-11(15)14(6-9)18-8-17-12-7-10(16)3-5-13(12)18/h2-8H,16H2,1H3. The van der Waals surface area contributed by atoms with Crippen molar-refractivity contribution >= 4 is 16.7 Å². The second kappa shape index (κ2) is 3.84. The molecule has 0 aliphatic rings. The molecular formula is C14H12FN3. The monoisotopic (exact) mass is 241 g/mol. The molecule has 4 heteroatoms. The molecule has 90 valence electrons. The molecule has 0 radical (unpaired) electrons. The zero-order chi connectivity index (χ0) is 12.7. The Morgan fingerprint density at radius 2 is 2.00 bits per heavy atom. The Morgan fingerprint density at radius 3 is 2.83 bits per heavy atom. The Bertz CT molecular complexity index is 731. The van der Waals surface area contributed by atoms with Crippen molar-refractivity contribution in [3.8, 4) is 5.69 Å². The number of aryl methyl sites for hydroxylation is 1. The van der Waals surface area contributed by atoms with Crippen molar-refractivity contribution in [2.24, 2.45) is 0 Å². The van der Waals surface area contributed by atoms with Crippen LogP contribution in [0.2, 0.25) is 0 Å². The van der Waals surface area contributed by atoms with Crippen LogP contribution >= 0.6 is 0 Å². The van der Waals surface area contributed by atoms with E-state index in [4.69, 9.17) is 5.73 Å². The molecule has 0 amide bonds. The smallest absolute Gasteiger partial charge is 0.147 e. The summed E-state index contributed by atoms with van der Waals surface area (Å²) in [5.41, 5.74) is 9.46. The summed E-state index contributed by atoms with van der Waals surface area (Å²) < 4.78 is 15.6. The number of rotatable bonds is 1. The lowest BCUT2D eigenvalue weighted by atomic mass is 10.2. The Hall–Kier alpha value is -2.36. The first-order valence-electron chi connectivity index (χ1n) is 5.64. The summed E-state index contributed by atoms with van der Waals surface area (Å²) in [4.78, 5) is 4.24. The van der Waals surface area contributed by atoms with Crippen LogP contribution in [0, 0.1) is 12.7 Å². The van der Waals surface area contributed by atoms with E-state index >= 15 is 0 Å². The highest BCUT2D eigenvalue weighted by atomic mass is 19.1. The van der Waals surface area contributed by atoms with Crippen LogP contribution in [0.1, 0.15) is 5.56 Å². The van der Waals surface area contributed by atoms with Gasteiger partial charge in [-0.2, -0.15) is 0 Å². The van der Waals surface area contributed by atoms with Crippen LogP contribution in [0.25, 0.3) is 16.7 Å². The number of fused-ring (bicyclic) bond motifs is 1. The third kappa shape index (κ3) is 1.62. The summed E-state index contributed by atoms with van der Waals surface area (Å²) >= 11 is 0. The molecule has 0 saturated heterocycles. The first kappa shape index (κ1) is 10.8. The summed E-state index contributed by atoms with van der Waals surface area (Å²) in [7, 11) is 0. The van der Waals surface area contributed by atoms with Crippen LogP contribution in [0.4, 0.5) is 10.1 Å². The number of nitrogens with zero attached hydrogens (tertiary/aromatic N) is 2. The average Bonchev–Trinajstić information content (AvgIpc) is 2.75. The molecule has 2 N–H and O–H groups in total. The third-order valence-electron chi connectivity index (χ3n) is 2.93. The number of benzene rings is 2. The van der Waals surface area contributed by atoms with Gasteiger partial charge in [-0.3, -0.25) is 4.57 Å². The fourth-order valence-corrected chi connectivity index (χ4v) is 2.03. The van der Waals surface area contributed by atoms with Gasteiger partial charge in [0.2, 0.25) is 0 Å². The van der Waals surface area contributed by atoms with Gasteiger partial charge in [0.1, 0.15) is 12.1 Å². The predicted molar refractivity (Wildman–Crippen MR) is 70.2 cm³/mol. The maximum Gasteiger partial charge on any atom is 0.147 e. The SMILES string of the molecule is Cc1ccc(F)c(-n2cnc3cc(N)ccc32)c1. The second-order valence-corrected chi connectivity index (χ2v) is 4.32. The van der Waals surface area contributed by atoms with E-state index in [2.05, 4.69) is 4.98 Å². The van der Waals surface area contributed by atoms with E-state index in [0.717, 1.165) is 16.6 Å². The molecule has 0 unspecified atom stereocenters. The average molecular weight is 241 g/mol. The van der Waals surface area contributed by atoms with E-state index in [1.807, 2.05) is 13.0 Å².